The molecule has 1 heterocycles. The molecule has 1 aliphatic carbocycles. The van der Waals surface area contributed by atoms with E-state index in [0.717, 1.165) is 28.5 Å². The molecule has 0 saturated heterocycles. The van der Waals surface area contributed by atoms with Gasteiger partial charge in [0.1, 0.15) is 0 Å². The van der Waals surface area contributed by atoms with Gasteiger partial charge in [-0.15, -0.1) is 0 Å². The Kier molecular flexibility index (Phi) is 5.72. The Labute approximate surface area is 208 Å². The Bertz CT molecular complexity index is 1640. The first-order chi connectivity index (χ1) is 17.1. The van der Waals surface area contributed by atoms with Crippen molar-refractivity contribution in [2.45, 2.75) is 24.7 Å². The maximum Gasteiger partial charge on any atom is 0.269 e. The minimum atomic E-state index is -3.36. The summed E-state index contributed by atoms with van der Waals surface area (Å²) in [5.74, 6) is -0.850. The Morgan fingerprint density at radius 1 is 1.00 bits per heavy atom. The number of anilines is 1. The third kappa shape index (κ3) is 4.18. The second kappa shape index (κ2) is 8.76. The molecule has 182 valence electrons. The van der Waals surface area contributed by atoms with E-state index in [1.165, 1.54) is 12.1 Å². The van der Waals surface area contributed by atoms with Crippen LogP contribution in [0.15, 0.2) is 71.6 Å². The average molecular weight is 501 g/mol. The smallest absolute Gasteiger partial charge is 0.269 e. The normalized spacial score (nSPS) is 12.5. The number of hydrogen-bond acceptors (Lipinski definition) is 5. The fourth-order valence-electron chi connectivity index (χ4n) is 4.56. The molecule has 8 nitrogen and oxygen atoms in total. The Morgan fingerprint density at radius 3 is 2.39 bits per heavy atom. The van der Waals surface area contributed by atoms with Crippen LogP contribution in [0.4, 0.5) is 5.69 Å². The van der Waals surface area contributed by atoms with E-state index in [9.17, 15) is 18.0 Å². The maximum absolute atomic E-state index is 12.9. The number of sulfone groups is 1. The molecule has 5 rings (SSSR count). The van der Waals surface area contributed by atoms with E-state index >= 15 is 0 Å². The highest BCUT2D eigenvalue weighted by Gasteiger charge is 2.28. The molecule has 0 bridgehead atoms. The van der Waals surface area contributed by atoms with Gasteiger partial charge >= 0.3 is 0 Å². The number of benzene rings is 3. The molecule has 4 aromatic rings. The highest BCUT2D eigenvalue weighted by atomic mass is 32.2. The standard InChI is InChI=1S/C27H24N4O4S/c1-16-5-3-4-6-21(16)27(33)29-18-9-7-17-8-14-22-24(26(28)32)30-31(25(22)23(17)15-18)19-10-12-20(13-11-19)36(2,34)35/h3-7,9-13,15H,8,14H2,1-2H3,(H2,28,32)(H,29,33). The van der Waals surface area contributed by atoms with Crippen LogP contribution in [0.3, 0.4) is 0 Å². The first kappa shape index (κ1) is 23.5. The molecular weight excluding hydrogens is 476 g/mol. The van der Waals surface area contributed by atoms with Crippen molar-refractivity contribution in [1.29, 1.82) is 0 Å². The lowest BCUT2D eigenvalue weighted by molar-refractivity contribution is 0.0992. The number of fused-ring (bicyclic) bond motifs is 3. The summed E-state index contributed by atoms with van der Waals surface area (Å²) in [5, 5.41) is 7.47. The number of amides is 2. The zero-order valence-electron chi connectivity index (χ0n) is 19.8. The molecule has 0 aliphatic heterocycles. The van der Waals surface area contributed by atoms with Gasteiger partial charge in [-0.25, -0.2) is 13.1 Å². The summed E-state index contributed by atoms with van der Waals surface area (Å²) in [6.45, 7) is 1.88. The predicted molar refractivity (Wildman–Crippen MR) is 137 cm³/mol. The van der Waals surface area contributed by atoms with Crippen LogP contribution in [-0.2, 0) is 22.7 Å². The molecule has 0 spiro atoms. The maximum atomic E-state index is 12.9. The Hall–Kier alpha value is -4.24. The van der Waals surface area contributed by atoms with Crippen LogP contribution in [0.25, 0.3) is 16.9 Å². The van der Waals surface area contributed by atoms with Crippen LogP contribution in [-0.4, -0.2) is 36.3 Å². The van der Waals surface area contributed by atoms with E-state index in [0.29, 0.717) is 35.5 Å². The monoisotopic (exact) mass is 500 g/mol. The lowest BCUT2D eigenvalue weighted by Crippen LogP contribution is -2.16. The summed E-state index contributed by atoms with van der Waals surface area (Å²) >= 11 is 0. The molecule has 9 heteroatoms. The Morgan fingerprint density at radius 2 is 1.72 bits per heavy atom. The van der Waals surface area contributed by atoms with Gasteiger partial charge in [0.05, 0.1) is 16.3 Å². The van der Waals surface area contributed by atoms with Crippen LogP contribution < -0.4 is 11.1 Å². The molecule has 3 N–H and O–H groups in total. The van der Waals surface area contributed by atoms with Crippen molar-refractivity contribution < 1.29 is 18.0 Å². The van der Waals surface area contributed by atoms with Crippen LogP contribution in [0.5, 0.6) is 0 Å². The summed E-state index contributed by atoms with van der Waals surface area (Å²) in [4.78, 5) is 25.3. The van der Waals surface area contributed by atoms with Gasteiger partial charge in [-0.1, -0.05) is 24.3 Å². The third-order valence-corrected chi connectivity index (χ3v) is 7.51. The van der Waals surface area contributed by atoms with Crippen molar-refractivity contribution in [2.75, 3.05) is 11.6 Å². The molecule has 1 aromatic heterocycles. The van der Waals surface area contributed by atoms with E-state index in [-0.39, 0.29) is 16.5 Å². The topological polar surface area (TPSA) is 124 Å². The lowest BCUT2D eigenvalue weighted by Gasteiger charge is -2.20. The van der Waals surface area contributed by atoms with Crippen molar-refractivity contribution in [3.8, 4) is 16.9 Å². The molecule has 3 aromatic carbocycles. The van der Waals surface area contributed by atoms with E-state index in [2.05, 4.69) is 10.4 Å². The van der Waals surface area contributed by atoms with Crippen molar-refractivity contribution in [3.63, 3.8) is 0 Å². The van der Waals surface area contributed by atoms with Gasteiger partial charge in [0, 0.05) is 28.6 Å². The zero-order valence-corrected chi connectivity index (χ0v) is 20.6. The molecule has 1 aliphatic rings. The van der Waals surface area contributed by atoms with Gasteiger partial charge in [-0.2, -0.15) is 5.10 Å². The van der Waals surface area contributed by atoms with E-state index < -0.39 is 15.7 Å². The van der Waals surface area contributed by atoms with Crippen molar-refractivity contribution >= 4 is 27.3 Å². The van der Waals surface area contributed by atoms with Gasteiger partial charge in [-0.3, -0.25) is 9.59 Å². The summed E-state index contributed by atoms with van der Waals surface area (Å²) in [7, 11) is -3.36. The predicted octanol–water partition coefficient (Wildman–Crippen LogP) is 3.70. The van der Waals surface area contributed by atoms with Crippen molar-refractivity contribution in [1.82, 2.24) is 9.78 Å². The number of primary amides is 1. The zero-order chi connectivity index (χ0) is 25.6. The van der Waals surface area contributed by atoms with E-state index in [4.69, 9.17) is 5.73 Å². The number of nitrogens with zero attached hydrogens (tertiary/aromatic N) is 2. The molecule has 0 unspecified atom stereocenters. The van der Waals surface area contributed by atoms with Crippen LogP contribution >= 0.6 is 0 Å². The number of carbonyl (C=O) groups excluding carboxylic acids is 2. The molecule has 2 amide bonds. The van der Waals surface area contributed by atoms with Crippen LogP contribution in [0, 0.1) is 6.92 Å². The van der Waals surface area contributed by atoms with Gasteiger partial charge < -0.3 is 11.1 Å². The minimum absolute atomic E-state index is 0.178. The second-order valence-corrected chi connectivity index (χ2v) is 10.9. The molecule has 0 atom stereocenters. The van der Waals surface area contributed by atoms with Gasteiger partial charge in [0.2, 0.25) is 0 Å². The fourth-order valence-corrected chi connectivity index (χ4v) is 5.19. The third-order valence-electron chi connectivity index (χ3n) is 6.38. The molecule has 0 fully saturated rings. The SMILES string of the molecule is Cc1ccccc1C(=O)Nc1ccc2c(c1)-c1c(c(C(N)=O)nn1-c1ccc(S(C)(=O)=O)cc1)CC2. The number of hydrogen-bond donors (Lipinski definition) is 2. The average Bonchev–Trinajstić information content (AvgIpc) is 3.24. The molecule has 0 radical (unpaired) electrons. The lowest BCUT2D eigenvalue weighted by atomic mass is 9.88. The number of carbonyl (C=O) groups is 2. The minimum Gasteiger partial charge on any atom is -0.364 e. The van der Waals surface area contributed by atoms with Gasteiger partial charge in [0.15, 0.2) is 15.5 Å². The fraction of sp³-hybridized carbons (Fsp3) is 0.148. The first-order valence-electron chi connectivity index (χ1n) is 11.4. The largest absolute Gasteiger partial charge is 0.364 e. The number of rotatable bonds is 5. The molecule has 36 heavy (non-hydrogen) atoms. The highest BCUT2D eigenvalue weighted by Crippen LogP contribution is 2.38. The van der Waals surface area contributed by atoms with Crippen molar-refractivity contribution in [2.24, 2.45) is 5.73 Å². The van der Waals surface area contributed by atoms with E-state index in [1.54, 1.807) is 22.9 Å². The summed E-state index contributed by atoms with van der Waals surface area (Å²) in [6.07, 6.45) is 2.41. The Balaban J connectivity index is 1.61. The van der Waals surface area contributed by atoms with Gasteiger partial charge in [0.25, 0.3) is 11.8 Å². The molecular formula is C27H24N4O4S. The molecule has 0 saturated carbocycles. The van der Waals surface area contributed by atoms with Gasteiger partial charge in [-0.05, 0) is 73.4 Å². The quantitative estimate of drug-likeness (QED) is 0.432. The van der Waals surface area contributed by atoms with Crippen LogP contribution in [0.1, 0.15) is 37.5 Å². The van der Waals surface area contributed by atoms with Crippen LogP contribution in [0.2, 0.25) is 0 Å². The van der Waals surface area contributed by atoms with Crippen molar-refractivity contribution in [3.05, 3.63) is 94.7 Å². The summed E-state index contributed by atoms with van der Waals surface area (Å²) in [6, 6.07) is 19.3. The summed E-state index contributed by atoms with van der Waals surface area (Å²) < 4.78 is 25.4. The number of aromatic nitrogens is 2. The number of aryl methyl sites for hydroxylation is 2. The first-order valence-corrected chi connectivity index (χ1v) is 13.2. The summed E-state index contributed by atoms with van der Waals surface area (Å²) in [5.41, 5.74) is 11.8. The van der Waals surface area contributed by atoms with E-state index in [1.807, 2.05) is 43.3 Å². The number of nitrogens with one attached hydrogen (secondary N) is 1. The highest BCUT2D eigenvalue weighted by molar-refractivity contribution is 7.90. The number of nitrogens with two attached hydrogens (primary N) is 1. The second-order valence-electron chi connectivity index (χ2n) is 8.86.